The Hall–Kier alpha value is -4.99. The highest BCUT2D eigenvalue weighted by atomic mass is 35.5. The number of rotatable bonds is 10. The number of hydrogen-bond acceptors (Lipinski definition) is 3. The van der Waals surface area contributed by atoms with Gasteiger partial charge in [0.1, 0.15) is 0 Å². The van der Waals surface area contributed by atoms with Gasteiger partial charge in [-0.05, 0) is 124 Å². The molecule has 2 atom stereocenters. The maximum Gasteiger partial charge on any atom is 0.0885 e. The second-order valence-electron chi connectivity index (χ2n) is 20.8. The van der Waals surface area contributed by atoms with Crippen molar-refractivity contribution in [3.63, 3.8) is 0 Å². The van der Waals surface area contributed by atoms with Crippen LogP contribution in [0.3, 0.4) is 0 Å². The van der Waals surface area contributed by atoms with Gasteiger partial charge in [0.25, 0.3) is 0 Å². The van der Waals surface area contributed by atoms with E-state index >= 15 is 0 Å². The number of para-hydroxylation sites is 2. The summed E-state index contributed by atoms with van der Waals surface area (Å²) in [7, 11) is 0. The van der Waals surface area contributed by atoms with Crippen molar-refractivity contribution in [2.45, 2.75) is 119 Å². The van der Waals surface area contributed by atoms with Crippen LogP contribution >= 0.6 is 11.6 Å². The van der Waals surface area contributed by atoms with Gasteiger partial charge in [-0.15, -0.1) is 0 Å². The first-order chi connectivity index (χ1) is 28.1. The lowest BCUT2D eigenvalue weighted by molar-refractivity contribution is 0.229. The Morgan fingerprint density at radius 1 is 0.383 bits per heavy atom. The predicted octanol–water partition coefficient (Wildman–Crippen LogP) is 17.4. The Labute approximate surface area is 368 Å². The van der Waals surface area contributed by atoms with Gasteiger partial charge >= 0.3 is 0 Å². The maximum absolute atomic E-state index is 8.09. The van der Waals surface area contributed by atoms with Gasteiger partial charge in [-0.3, -0.25) is 0 Å². The summed E-state index contributed by atoms with van der Waals surface area (Å²) >= 11 is 8.09. The molecule has 0 aliphatic carbocycles. The van der Waals surface area contributed by atoms with Crippen LogP contribution in [0.5, 0.6) is 0 Å². The van der Waals surface area contributed by atoms with Crippen molar-refractivity contribution in [3.8, 4) is 0 Å². The molecule has 1 unspecified atom stereocenters. The molecule has 0 radical (unpaired) electrons. The van der Waals surface area contributed by atoms with Crippen LogP contribution in [0.15, 0.2) is 146 Å². The molecule has 0 heterocycles. The minimum absolute atomic E-state index is 0.0112. The molecule has 0 fully saturated rings. The second-order valence-corrected chi connectivity index (χ2v) is 21.2. The Balaban J connectivity index is 1.73. The van der Waals surface area contributed by atoms with Crippen molar-refractivity contribution in [3.05, 3.63) is 167 Å². The van der Waals surface area contributed by atoms with Crippen molar-refractivity contribution in [1.82, 2.24) is 0 Å². The van der Waals surface area contributed by atoms with Gasteiger partial charge < -0.3 is 14.7 Å². The topological polar surface area (TPSA) is 9.72 Å². The van der Waals surface area contributed by atoms with E-state index < -0.39 is 0 Å². The molecule has 0 bridgehead atoms. The summed E-state index contributed by atoms with van der Waals surface area (Å²) in [6, 6.07) is 53.2. The number of benzene rings is 6. The third-order valence-corrected chi connectivity index (χ3v) is 12.7. The average Bonchev–Trinajstić information content (AvgIpc) is 3.19. The summed E-state index contributed by atoms with van der Waals surface area (Å²) in [5.74, 6) is 0.299. The molecule has 0 amide bonds. The summed E-state index contributed by atoms with van der Waals surface area (Å²) in [5, 5.41) is 0.687. The van der Waals surface area contributed by atoms with Crippen molar-refractivity contribution in [1.29, 1.82) is 0 Å². The lowest BCUT2D eigenvalue weighted by Gasteiger charge is -2.42. The zero-order chi connectivity index (χ0) is 43.8. The minimum atomic E-state index is 0.0112. The summed E-state index contributed by atoms with van der Waals surface area (Å²) in [6.07, 6.45) is 0. The first-order valence-corrected chi connectivity index (χ1v) is 22.1. The third-order valence-electron chi connectivity index (χ3n) is 12.3. The van der Waals surface area contributed by atoms with Crippen molar-refractivity contribution in [2.75, 3.05) is 14.7 Å². The quantitative estimate of drug-likeness (QED) is 0.136. The van der Waals surface area contributed by atoms with Crippen LogP contribution in [0.1, 0.15) is 114 Å². The van der Waals surface area contributed by atoms with Crippen LogP contribution < -0.4 is 14.7 Å². The fourth-order valence-electron chi connectivity index (χ4n) is 7.96. The lowest BCUT2D eigenvalue weighted by atomic mass is 9.77. The molecule has 0 saturated carbocycles. The van der Waals surface area contributed by atoms with Gasteiger partial charge in [0.2, 0.25) is 0 Å². The minimum Gasteiger partial charge on any atom is -0.337 e. The normalized spacial score (nSPS) is 13.4. The highest BCUT2D eigenvalue weighted by Crippen LogP contribution is 2.51. The van der Waals surface area contributed by atoms with E-state index in [2.05, 4.69) is 257 Å². The van der Waals surface area contributed by atoms with E-state index in [9.17, 15) is 0 Å². The molecular weight excluding hydrogens is 750 g/mol. The van der Waals surface area contributed by atoms with Crippen molar-refractivity contribution < 1.29 is 0 Å². The monoisotopic (exact) mass is 818 g/mol. The molecule has 0 saturated heterocycles. The average molecular weight is 819 g/mol. The molecule has 4 heteroatoms. The van der Waals surface area contributed by atoms with E-state index in [1.807, 2.05) is 0 Å². The van der Waals surface area contributed by atoms with E-state index in [-0.39, 0.29) is 27.7 Å². The lowest BCUT2D eigenvalue weighted by Crippen LogP contribution is -2.40. The van der Waals surface area contributed by atoms with Crippen LogP contribution in [0.2, 0.25) is 5.02 Å². The van der Waals surface area contributed by atoms with E-state index in [0.29, 0.717) is 10.9 Å². The fraction of sp³-hybridized carbons (Fsp3) is 0.357. The van der Waals surface area contributed by atoms with Crippen molar-refractivity contribution in [2.24, 2.45) is 11.3 Å². The summed E-state index contributed by atoms with van der Waals surface area (Å²) in [5.41, 5.74) is 12.1. The van der Waals surface area contributed by atoms with E-state index in [1.54, 1.807) is 0 Å². The molecule has 3 nitrogen and oxygen atoms in total. The molecule has 6 aromatic carbocycles. The Morgan fingerprint density at radius 2 is 0.717 bits per heavy atom. The smallest absolute Gasteiger partial charge is 0.0885 e. The molecule has 0 N–H and O–H groups in total. The number of hydrogen-bond donors (Lipinski definition) is 0. The summed E-state index contributed by atoms with van der Waals surface area (Å²) in [6.45, 7) is 32.2. The van der Waals surface area contributed by atoms with Crippen LogP contribution in [0.4, 0.5) is 45.5 Å². The zero-order valence-corrected chi connectivity index (χ0v) is 39.5. The van der Waals surface area contributed by atoms with E-state index in [0.717, 1.165) is 45.5 Å². The Morgan fingerprint density at radius 3 is 1.07 bits per heavy atom. The summed E-state index contributed by atoms with van der Waals surface area (Å²) < 4.78 is 0. The highest BCUT2D eigenvalue weighted by molar-refractivity contribution is 6.36. The molecular formula is C56H68ClN3. The maximum atomic E-state index is 8.09. The first kappa shape index (κ1) is 44.6. The number of halogens is 1. The van der Waals surface area contributed by atoms with Crippen LogP contribution in [-0.4, -0.2) is 6.04 Å². The number of anilines is 8. The first-order valence-electron chi connectivity index (χ1n) is 21.7. The number of nitrogens with zero attached hydrogens (tertiary/aromatic N) is 3. The van der Waals surface area contributed by atoms with E-state index in [1.165, 1.54) is 16.7 Å². The molecule has 0 spiro atoms. The van der Waals surface area contributed by atoms with Gasteiger partial charge in [0.05, 0.1) is 22.1 Å². The van der Waals surface area contributed by atoms with Crippen LogP contribution in [0, 0.1) is 11.3 Å². The van der Waals surface area contributed by atoms with E-state index in [4.69, 9.17) is 11.6 Å². The van der Waals surface area contributed by atoms with Gasteiger partial charge in [-0.1, -0.05) is 174 Å². The molecule has 6 rings (SSSR count). The largest absolute Gasteiger partial charge is 0.337 e. The molecule has 0 aromatic heterocycles. The van der Waals surface area contributed by atoms with Gasteiger partial charge in [-0.25, -0.2) is 0 Å². The van der Waals surface area contributed by atoms with Gasteiger partial charge in [0.15, 0.2) is 0 Å². The van der Waals surface area contributed by atoms with Gasteiger partial charge in [0, 0.05) is 34.5 Å². The molecule has 0 aliphatic heterocycles. The zero-order valence-electron chi connectivity index (χ0n) is 38.7. The SMILES string of the molecule is CC([C@H](C)N(c1ccc(C(C)(C)C)cc1)c1cc(N(c2ccccc2)c2ccccc2)cc(N(c2ccc(C(C)(C)C)cc2)c2ccc(C(C)(C)C)cc2)c1Cl)C(C)(C)C. The third kappa shape index (κ3) is 9.79. The van der Waals surface area contributed by atoms with Crippen LogP contribution in [0.25, 0.3) is 0 Å². The summed E-state index contributed by atoms with van der Waals surface area (Å²) in [4.78, 5) is 7.20. The molecule has 314 valence electrons. The Kier molecular flexibility index (Phi) is 12.8. The predicted molar refractivity (Wildman–Crippen MR) is 264 cm³/mol. The van der Waals surface area contributed by atoms with Gasteiger partial charge in [-0.2, -0.15) is 0 Å². The molecule has 0 aliphatic rings. The molecule has 60 heavy (non-hydrogen) atoms. The van der Waals surface area contributed by atoms with Crippen molar-refractivity contribution >= 4 is 57.1 Å². The fourth-order valence-corrected chi connectivity index (χ4v) is 8.24. The Bertz CT molecular complexity index is 2220. The second kappa shape index (κ2) is 17.2. The van der Waals surface area contributed by atoms with Crippen LogP contribution in [-0.2, 0) is 16.2 Å². The molecule has 6 aromatic rings. The highest BCUT2D eigenvalue weighted by Gasteiger charge is 2.34. The standard InChI is InChI=1S/C56H68ClN3/c1-39(53(3,4)5)40(2)58(46-31-25-41(26-32-46)54(6,7)8)50-37-49(59(44-21-17-15-18-22-44)45-23-19-16-20-24-45)38-51(52(50)57)60(47-33-27-42(28-34-47)55(9,10)11)48-35-29-43(30-36-48)56(12,13)14/h15-40H,1-14H3/t39?,40-/m0/s1.